The first-order valence-electron chi connectivity index (χ1n) is 27.9. The highest BCUT2D eigenvalue weighted by Gasteiger charge is 2.38. The Morgan fingerprint density at radius 3 is 2.14 bits per heavy atom. The fourth-order valence-electron chi connectivity index (χ4n) is 11.3. The maximum Gasteiger partial charge on any atom is 0.258 e. The molecule has 15 heteroatoms. The highest BCUT2D eigenvalue weighted by molar-refractivity contribution is 6.13. The molecule has 0 spiro atoms. The second-order valence-electron chi connectivity index (χ2n) is 21.4. The number of aliphatic imine (C=N–C) groups is 1. The number of hydrogen-bond donors (Lipinski definition) is 2. The number of ether oxygens (including phenoxy) is 3. The summed E-state index contributed by atoms with van der Waals surface area (Å²) in [6, 6.07) is 28.0. The molecule has 9 rings (SSSR count). The summed E-state index contributed by atoms with van der Waals surface area (Å²) in [5.41, 5.74) is 9.43. The monoisotopic (exact) mass is 1070 g/mol. The lowest BCUT2D eigenvalue weighted by atomic mass is 9.99. The predicted octanol–water partition coefficient (Wildman–Crippen LogP) is 10.3. The van der Waals surface area contributed by atoms with E-state index in [4.69, 9.17) is 14.2 Å². The van der Waals surface area contributed by atoms with Gasteiger partial charge in [0.1, 0.15) is 31.8 Å². The summed E-state index contributed by atoms with van der Waals surface area (Å²) in [6.07, 6.45) is 13.2. The first kappa shape index (κ1) is 55.8. The van der Waals surface area contributed by atoms with Crippen molar-refractivity contribution >= 4 is 70.4 Å². The van der Waals surface area contributed by atoms with E-state index < -0.39 is 12.0 Å². The normalized spacial score (nSPS) is 16.8. The molecule has 5 aromatic rings. The van der Waals surface area contributed by atoms with E-state index in [1.165, 1.54) is 5.56 Å². The summed E-state index contributed by atoms with van der Waals surface area (Å²) in [5.74, 6) is -0.194. The third kappa shape index (κ3) is 13.0. The number of nitrogens with zero attached hydrogens (tertiary/aromatic N) is 4. The van der Waals surface area contributed by atoms with Crippen LogP contribution in [0.2, 0.25) is 0 Å². The zero-order valence-electron chi connectivity index (χ0n) is 46.3. The Morgan fingerprint density at radius 2 is 1.42 bits per heavy atom. The van der Waals surface area contributed by atoms with Crippen molar-refractivity contribution in [2.75, 3.05) is 35.8 Å². The quantitative estimate of drug-likeness (QED) is 0.0264. The van der Waals surface area contributed by atoms with Crippen molar-refractivity contribution in [3.63, 3.8) is 0 Å². The van der Waals surface area contributed by atoms with Gasteiger partial charge in [-0.15, -0.1) is 0 Å². The SMILES string of the molecule is CC=NCCCCCC(=O)CCCCC(=O)N[C@@H](C)C(=O)C[C@@H](C)C(=O)Nc1cc(COc2cc3c(cc2C)C(=O)N2c4ccccc4C[C@H]2[C-]=[N+]3C)cc(COc2cc3c(cc2OC)C(=O)N2c4ccccc4C[C@H]2CC3)c1. The van der Waals surface area contributed by atoms with E-state index in [2.05, 4.69) is 27.9 Å². The number of nitrogens with one attached hydrogen (secondary N) is 2. The maximum absolute atomic E-state index is 14.2. The molecule has 4 atom stereocenters. The van der Waals surface area contributed by atoms with Crippen LogP contribution < -0.4 is 34.6 Å². The van der Waals surface area contributed by atoms with Gasteiger partial charge in [-0.05, 0) is 160 Å². The average Bonchev–Trinajstić information content (AvgIpc) is 4.14. The van der Waals surface area contributed by atoms with Crippen LogP contribution in [0.3, 0.4) is 0 Å². The smallest absolute Gasteiger partial charge is 0.258 e. The Balaban J connectivity index is 0.876. The van der Waals surface area contributed by atoms with Crippen LogP contribution >= 0.6 is 0 Å². The molecule has 0 saturated carbocycles. The Labute approximate surface area is 463 Å². The van der Waals surface area contributed by atoms with Gasteiger partial charge in [-0.1, -0.05) is 55.8 Å². The van der Waals surface area contributed by atoms with Crippen LogP contribution in [-0.2, 0) is 51.7 Å². The molecule has 4 heterocycles. The molecule has 0 fully saturated rings. The van der Waals surface area contributed by atoms with Crippen molar-refractivity contribution in [1.82, 2.24) is 5.32 Å². The van der Waals surface area contributed by atoms with E-state index in [9.17, 15) is 28.8 Å². The molecular weight excluding hydrogens is 997 g/mol. The van der Waals surface area contributed by atoms with Gasteiger partial charge in [0.2, 0.25) is 17.7 Å². The molecule has 4 aliphatic rings. The van der Waals surface area contributed by atoms with Crippen LogP contribution in [0, 0.1) is 12.8 Å². The van der Waals surface area contributed by atoms with Gasteiger partial charge >= 0.3 is 0 Å². The lowest BCUT2D eigenvalue weighted by Crippen LogP contribution is -2.39. The van der Waals surface area contributed by atoms with E-state index in [1.54, 1.807) is 33.2 Å². The molecular formula is C64H72N6O9. The molecule has 0 aliphatic carbocycles. The molecule has 0 unspecified atom stereocenters. The number of ketones is 2. The number of Topliss-reactive ketones (excluding diaryl/α,β-unsaturated/α-hetero) is 2. The number of para-hydroxylation sites is 2. The lowest BCUT2D eigenvalue weighted by Gasteiger charge is -2.23. The summed E-state index contributed by atoms with van der Waals surface area (Å²) in [6.45, 7) is 8.04. The van der Waals surface area contributed by atoms with Crippen molar-refractivity contribution in [2.24, 2.45) is 10.9 Å². The van der Waals surface area contributed by atoms with Gasteiger partial charge in [0.15, 0.2) is 17.3 Å². The zero-order valence-corrected chi connectivity index (χ0v) is 46.3. The summed E-state index contributed by atoms with van der Waals surface area (Å²) in [5, 5.41) is 5.80. The molecule has 0 saturated heterocycles. The van der Waals surface area contributed by atoms with Gasteiger partial charge in [-0.3, -0.25) is 33.8 Å². The van der Waals surface area contributed by atoms with Crippen LogP contribution in [-0.4, -0.2) is 91.0 Å². The van der Waals surface area contributed by atoms with Crippen molar-refractivity contribution in [1.29, 1.82) is 0 Å². The molecule has 412 valence electrons. The minimum Gasteiger partial charge on any atom is -0.493 e. The standard InChI is InChI=1S/C64H72N6O9/c1-7-65-26-16-8-9-19-51(71)20-12-15-23-61(73)66-42(4)57(72)28-41(3)62(74)67-48-30-43(38-78-58-36-56-53(27-40(58)2)64(76)70-50(37-68(56)5)33-47-18-11-14-22-55(47)70)29-44(31-48)39-79-60-34-45-24-25-49-32-46-17-10-13-21-54(46)69(49)63(75)52(45)35-59(60)77-6/h7,10-11,13-14,17-18,21-22,27,29-31,34-36,41-42,49-50H,8-9,12,15-16,19-20,23-26,28,32-33,38-39H2,1-6H3,(H,66,73)(H,67,74)/t41-,42+,49-,50+/m1/s1. The summed E-state index contributed by atoms with van der Waals surface area (Å²) in [4.78, 5) is 88.8. The Kier molecular flexibility index (Phi) is 17.8. The van der Waals surface area contributed by atoms with Crippen molar-refractivity contribution < 1.29 is 47.6 Å². The number of amides is 4. The predicted molar refractivity (Wildman–Crippen MR) is 306 cm³/mol. The fraction of sp³-hybridized carbons (Fsp3) is 0.406. The highest BCUT2D eigenvalue weighted by atomic mass is 16.5. The number of fused-ring (bicyclic) bond motifs is 8. The molecule has 0 bridgehead atoms. The van der Waals surface area contributed by atoms with Crippen LogP contribution in [0.5, 0.6) is 17.2 Å². The van der Waals surface area contributed by atoms with Crippen LogP contribution in [0.25, 0.3) is 0 Å². The zero-order chi connectivity index (χ0) is 55.7. The number of carbonyl (C=O) groups is 6. The van der Waals surface area contributed by atoms with Crippen molar-refractivity contribution in [3.05, 3.63) is 136 Å². The number of hydrogen-bond acceptors (Lipinski definition) is 10. The van der Waals surface area contributed by atoms with Gasteiger partial charge in [-0.25, -0.2) is 0 Å². The number of benzene rings is 5. The average molecular weight is 1070 g/mol. The molecule has 4 amide bonds. The Hall–Kier alpha value is -7.94. The van der Waals surface area contributed by atoms with Crippen molar-refractivity contribution in [3.8, 4) is 17.2 Å². The highest BCUT2D eigenvalue weighted by Crippen LogP contribution is 2.42. The third-order valence-electron chi connectivity index (χ3n) is 15.5. The number of carbonyl (C=O) groups excluding carboxylic acids is 6. The van der Waals surface area contributed by atoms with Crippen LogP contribution in [0.15, 0.2) is 96.0 Å². The lowest BCUT2D eigenvalue weighted by molar-refractivity contribution is -0.401. The number of rotatable bonds is 24. The summed E-state index contributed by atoms with van der Waals surface area (Å²) < 4.78 is 20.8. The van der Waals surface area contributed by atoms with Gasteiger partial charge in [0, 0.05) is 84.6 Å². The van der Waals surface area contributed by atoms with Crippen molar-refractivity contribution in [2.45, 2.75) is 143 Å². The topological polar surface area (TPSA) is 176 Å². The van der Waals surface area contributed by atoms with Gasteiger partial charge in [0.05, 0.1) is 18.8 Å². The van der Waals surface area contributed by atoms with E-state index in [0.29, 0.717) is 89.4 Å². The Morgan fingerprint density at radius 1 is 0.759 bits per heavy atom. The first-order valence-corrected chi connectivity index (χ1v) is 27.9. The maximum atomic E-state index is 14.2. The first-order chi connectivity index (χ1) is 38.2. The molecule has 4 aliphatic heterocycles. The molecule has 0 aromatic heterocycles. The third-order valence-corrected chi connectivity index (χ3v) is 15.5. The minimum absolute atomic E-state index is 0.0587. The molecule has 79 heavy (non-hydrogen) atoms. The van der Waals surface area contributed by atoms with Gasteiger partial charge < -0.3 is 39.2 Å². The fourth-order valence-corrected chi connectivity index (χ4v) is 11.3. The summed E-state index contributed by atoms with van der Waals surface area (Å²) in [7, 11) is 3.44. The molecule has 5 aromatic carbocycles. The van der Waals surface area contributed by atoms with E-state index >= 15 is 0 Å². The molecule has 0 radical (unpaired) electrons. The molecule has 15 nitrogen and oxygen atoms in total. The van der Waals surface area contributed by atoms with Crippen LogP contribution in [0.4, 0.5) is 22.7 Å². The molecule has 2 N–H and O–H groups in total. The van der Waals surface area contributed by atoms with E-state index in [0.717, 1.165) is 66.7 Å². The second-order valence-corrected chi connectivity index (χ2v) is 21.4. The van der Waals surface area contributed by atoms with Gasteiger partial charge in [-0.2, -0.15) is 0 Å². The largest absolute Gasteiger partial charge is 0.493 e. The van der Waals surface area contributed by atoms with E-state index in [-0.39, 0.29) is 73.3 Å². The Bertz CT molecular complexity index is 3220. The number of aryl methyl sites for hydroxylation is 2. The minimum atomic E-state index is -0.804. The van der Waals surface area contributed by atoms with E-state index in [1.807, 2.05) is 114 Å². The number of methoxy groups -OCH3 is 1. The number of anilines is 3. The number of unbranched alkanes of at least 4 members (excludes halogenated alkanes) is 3. The van der Waals surface area contributed by atoms with Gasteiger partial charge in [0.25, 0.3) is 5.91 Å². The second kappa shape index (κ2) is 25.2. The summed E-state index contributed by atoms with van der Waals surface area (Å²) >= 11 is 0. The van der Waals surface area contributed by atoms with Crippen LogP contribution in [0.1, 0.15) is 139 Å².